The van der Waals surface area contributed by atoms with Crippen LogP contribution < -0.4 is 10.6 Å². The van der Waals surface area contributed by atoms with Crippen molar-refractivity contribution in [3.05, 3.63) is 41.6 Å². The molecule has 2 N–H and O–H groups in total. The average molecular weight is 591 g/mol. The van der Waals surface area contributed by atoms with Gasteiger partial charge in [0.05, 0.1) is 6.54 Å². The number of ether oxygens (including phenoxy) is 2. The van der Waals surface area contributed by atoms with Gasteiger partial charge in [-0.05, 0) is 50.3 Å². The fourth-order valence-corrected chi connectivity index (χ4v) is 5.78. The number of esters is 1. The van der Waals surface area contributed by atoms with Gasteiger partial charge in [0.15, 0.2) is 11.3 Å². The topological polar surface area (TPSA) is 119 Å². The van der Waals surface area contributed by atoms with Crippen LogP contribution in [0.5, 0.6) is 0 Å². The molecule has 37 heavy (non-hydrogen) atoms. The van der Waals surface area contributed by atoms with Crippen LogP contribution in [0, 0.1) is 5.92 Å². The molecule has 4 rings (SSSR count). The van der Waals surface area contributed by atoms with Gasteiger partial charge in [0.1, 0.15) is 23.8 Å². The van der Waals surface area contributed by atoms with E-state index >= 15 is 0 Å². The van der Waals surface area contributed by atoms with Crippen molar-refractivity contribution in [1.82, 2.24) is 4.90 Å². The number of thioether (sulfide) groups is 1. The number of ketones is 1. The molecule has 0 radical (unpaired) electrons. The Bertz CT molecular complexity index is 1140. The monoisotopic (exact) mass is 589 g/mol. The van der Waals surface area contributed by atoms with Gasteiger partial charge in [-0.1, -0.05) is 53.0 Å². The molecule has 2 amide bonds. The van der Waals surface area contributed by atoms with E-state index in [4.69, 9.17) is 50.0 Å². The van der Waals surface area contributed by atoms with Gasteiger partial charge in [0.2, 0.25) is 3.79 Å². The summed E-state index contributed by atoms with van der Waals surface area (Å²) < 4.78 is 8.84. The Labute approximate surface area is 233 Å². The molecule has 3 aliphatic rings. The number of rotatable bonds is 8. The van der Waals surface area contributed by atoms with E-state index in [2.05, 4.69) is 0 Å². The number of nitrogens with two attached hydrogens (primary N) is 1. The smallest absolute Gasteiger partial charge is 0.414 e. The number of carbonyl (C=O) groups is 4. The molecule has 1 aromatic rings. The van der Waals surface area contributed by atoms with E-state index < -0.39 is 51.6 Å². The van der Waals surface area contributed by atoms with Gasteiger partial charge in [0.25, 0.3) is 5.91 Å². The Morgan fingerprint density at radius 2 is 1.89 bits per heavy atom. The van der Waals surface area contributed by atoms with Crippen LogP contribution >= 0.6 is 46.6 Å². The van der Waals surface area contributed by atoms with Gasteiger partial charge in [-0.25, -0.2) is 9.59 Å². The molecule has 2 aliphatic heterocycles. The number of β-lactam (4-membered cyclic amide) rings is 1. The van der Waals surface area contributed by atoms with Gasteiger partial charge in [-0.3, -0.25) is 19.4 Å². The highest BCUT2D eigenvalue weighted by Crippen LogP contribution is 2.46. The molecule has 9 nitrogen and oxygen atoms in total. The van der Waals surface area contributed by atoms with Crippen molar-refractivity contribution < 1.29 is 28.7 Å². The molecule has 1 aromatic carbocycles. The fourth-order valence-electron chi connectivity index (χ4n) is 4.23. The Morgan fingerprint density at radius 1 is 1.24 bits per heavy atom. The van der Waals surface area contributed by atoms with Crippen LogP contribution in [0.15, 0.2) is 41.6 Å². The van der Waals surface area contributed by atoms with Gasteiger partial charge in [-0.15, -0.1) is 11.8 Å². The number of para-hydroxylation sites is 1. The summed E-state index contributed by atoms with van der Waals surface area (Å²) in [5.41, 5.74) is 5.40. The predicted molar refractivity (Wildman–Crippen MR) is 141 cm³/mol. The molecule has 0 aromatic heterocycles. The molecule has 2 heterocycles. The number of alkyl halides is 3. The van der Waals surface area contributed by atoms with Gasteiger partial charge < -0.3 is 15.2 Å². The van der Waals surface area contributed by atoms with Crippen molar-refractivity contribution in [1.29, 1.82) is 0 Å². The van der Waals surface area contributed by atoms with Crippen LogP contribution in [-0.4, -0.2) is 68.4 Å². The minimum Gasteiger partial charge on any atom is -0.456 e. The Kier molecular flexibility index (Phi) is 8.07. The minimum atomic E-state index is -1.96. The molecule has 0 bridgehead atoms. The number of Topliss-reactive ketones (excluding diaryl/α,β-unsaturated/α-hetero) is 1. The normalized spacial score (nSPS) is 24.1. The molecule has 1 aliphatic carbocycles. The summed E-state index contributed by atoms with van der Waals surface area (Å²) in [4.78, 5) is 54.9. The zero-order valence-corrected chi connectivity index (χ0v) is 23.2. The number of carbonyl (C=O) groups excluding carboxylic acids is 4. The third kappa shape index (κ3) is 5.73. The fraction of sp³-hybridized carbons (Fsp3) is 0.500. The van der Waals surface area contributed by atoms with Gasteiger partial charge in [-0.2, -0.15) is 0 Å². The average Bonchev–Trinajstić information content (AvgIpc) is 3.70. The molecular formula is C24H26Cl3N3O6S. The molecule has 13 heteroatoms. The van der Waals surface area contributed by atoms with E-state index in [1.165, 1.54) is 16.7 Å². The maximum Gasteiger partial charge on any atom is 0.414 e. The Hall–Kier alpha value is -1.98. The second-order valence-corrected chi connectivity index (χ2v) is 12.9. The van der Waals surface area contributed by atoms with Crippen LogP contribution in [0.3, 0.4) is 0 Å². The lowest BCUT2D eigenvalue weighted by Gasteiger charge is -2.54. The summed E-state index contributed by atoms with van der Waals surface area (Å²) in [6, 6.07) is 8.54. The number of amides is 2. The van der Waals surface area contributed by atoms with E-state index in [1.54, 1.807) is 37.3 Å². The molecule has 3 atom stereocenters. The second-order valence-electron chi connectivity index (χ2n) is 9.30. The first-order valence-electron chi connectivity index (χ1n) is 11.6. The zero-order chi connectivity index (χ0) is 27.1. The first kappa shape index (κ1) is 28.0. The molecule has 1 saturated heterocycles. The predicted octanol–water partition coefficient (Wildman–Crippen LogP) is 3.80. The number of halogens is 3. The highest BCUT2D eigenvalue weighted by molar-refractivity contribution is 8.00. The number of anilines is 1. The summed E-state index contributed by atoms with van der Waals surface area (Å²) in [7, 11) is 0. The third-order valence-corrected chi connectivity index (χ3v) is 8.31. The van der Waals surface area contributed by atoms with E-state index in [0.29, 0.717) is 22.9 Å². The van der Waals surface area contributed by atoms with Crippen molar-refractivity contribution >= 4 is 76.0 Å². The summed E-state index contributed by atoms with van der Waals surface area (Å²) in [6.45, 7) is 2.47. The maximum atomic E-state index is 13.5. The largest absolute Gasteiger partial charge is 0.456 e. The second kappa shape index (κ2) is 10.6. The van der Waals surface area contributed by atoms with Crippen LogP contribution in [0.4, 0.5) is 10.5 Å². The van der Waals surface area contributed by atoms with E-state index in [1.807, 2.05) is 6.92 Å². The van der Waals surface area contributed by atoms with Crippen molar-refractivity contribution in [3.63, 3.8) is 0 Å². The van der Waals surface area contributed by atoms with Crippen LogP contribution in [0.1, 0.15) is 26.7 Å². The first-order valence-corrected chi connectivity index (χ1v) is 13.8. The first-order chi connectivity index (χ1) is 17.3. The number of hydrogen-bond donors (Lipinski definition) is 1. The van der Waals surface area contributed by atoms with Crippen molar-refractivity contribution in [2.45, 2.75) is 47.5 Å². The van der Waals surface area contributed by atoms with Crippen molar-refractivity contribution in [3.8, 4) is 0 Å². The lowest BCUT2D eigenvalue weighted by atomic mass is 9.83. The molecule has 0 spiro atoms. The highest BCUT2D eigenvalue weighted by atomic mass is 35.6. The quantitative estimate of drug-likeness (QED) is 0.210. The summed E-state index contributed by atoms with van der Waals surface area (Å²) in [5.74, 6) is -1.70. The lowest BCUT2D eigenvalue weighted by Crippen LogP contribution is -2.82. The molecule has 200 valence electrons. The number of hydrogen-bond acceptors (Lipinski definition) is 8. The Balaban J connectivity index is 1.53. The van der Waals surface area contributed by atoms with Gasteiger partial charge in [0, 0.05) is 11.4 Å². The summed E-state index contributed by atoms with van der Waals surface area (Å²) >= 11 is 18.2. The molecule has 1 saturated carbocycles. The SMILES string of the molecule is CC1=C(C(=O)OCC(Cl)(Cl)Cl)N2C(=O)C(N)(C(=O)CN(C(=O)OC(C)C3CC3)c3ccccc3)[C@@H]2SC1. The molecule has 2 fully saturated rings. The lowest BCUT2D eigenvalue weighted by molar-refractivity contribution is -0.160. The van der Waals surface area contributed by atoms with Crippen LogP contribution in [0.25, 0.3) is 0 Å². The van der Waals surface area contributed by atoms with E-state index in [0.717, 1.165) is 17.7 Å². The third-order valence-electron chi connectivity index (χ3n) is 6.48. The molecule has 2 unspecified atom stereocenters. The van der Waals surface area contributed by atoms with Crippen LogP contribution in [-0.2, 0) is 23.9 Å². The highest BCUT2D eigenvalue weighted by Gasteiger charge is 2.66. The van der Waals surface area contributed by atoms with E-state index in [9.17, 15) is 19.2 Å². The Morgan fingerprint density at radius 3 is 2.49 bits per heavy atom. The number of benzene rings is 1. The number of fused-ring (bicyclic) bond motifs is 1. The standard InChI is InChI=1S/C24H26Cl3N3O6S/c1-13-11-37-21-24(28,20(33)30(21)18(13)19(32)35-12-23(25,26)27)17(31)10-29(16-6-4-3-5-7-16)22(34)36-14(2)15-8-9-15/h3-7,14-15,21H,8-12,28H2,1-2H3/t14?,21-,24?/m0/s1. The summed E-state index contributed by atoms with van der Waals surface area (Å²) in [5, 5.41) is -0.870. The molecular weight excluding hydrogens is 565 g/mol. The number of nitrogens with zero attached hydrogens (tertiary/aromatic N) is 2. The summed E-state index contributed by atoms with van der Waals surface area (Å²) in [6.07, 6.45) is 0.958. The van der Waals surface area contributed by atoms with E-state index in [-0.39, 0.29) is 11.8 Å². The van der Waals surface area contributed by atoms with Crippen molar-refractivity contribution in [2.24, 2.45) is 11.7 Å². The zero-order valence-electron chi connectivity index (χ0n) is 20.1. The van der Waals surface area contributed by atoms with Crippen LogP contribution in [0.2, 0.25) is 0 Å². The van der Waals surface area contributed by atoms with Crippen molar-refractivity contribution in [2.75, 3.05) is 23.8 Å². The minimum absolute atomic E-state index is 0.0329. The van der Waals surface area contributed by atoms with Gasteiger partial charge >= 0.3 is 12.1 Å². The maximum absolute atomic E-state index is 13.5.